The maximum atomic E-state index is 5.99. The summed E-state index contributed by atoms with van der Waals surface area (Å²) in [5.74, 6) is 0. The molecule has 0 N–H and O–H groups in total. The Kier molecular flexibility index (Phi) is 5.05. The fourth-order valence-corrected chi connectivity index (χ4v) is 2.84. The molecule has 0 aliphatic heterocycles. The predicted octanol–water partition coefficient (Wildman–Crippen LogP) is 4.04. The molecule has 6 heteroatoms. The van der Waals surface area contributed by atoms with E-state index in [2.05, 4.69) is 21.9 Å². The van der Waals surface area contributed by atoms with Gasteiger partial charge < -0.3 is 9.30 Å². The number of ether oxygens (including phenoxy) is 1. The van der Waals surface area contributed by atoms with Gasteiger partial charge >= 0.3 is 0 Å². The molecule has 1 heterocycles. The lowest BCUT2D eigenvalue weighted by molar-refractivity contribution is 0.186. The number of aromatic nitrogens is 1. The van der Waals surface area contributed by atoms with Crippen LogP contribution >= 0.6 is 34.5 Å². The Morgan fingerprint density at radius 3 is 2.79 bits per heavy atom. The van der Waals surface area contributed by atoms with Crippen LogP contribution in [-0.4, -0.2) is 18.3 Å². The van der Waals surface area contributed by atoms with Crippen LogP contribution < -0.4 is 4.80 Å². The van der Waals surface area contributed by atoms with Gasteiger partial charge in [0.05, 0.1) is 22.3 Å². The summed E-state index contributed by atoms with van der Waals surface area (Å²) in [6, 6.07) is 5.37. The summed E-state index contributed by atoms with van der Waals surface area (Å²) in [5, 5.41) is 3.13. The Morgan fingerprint density at radius 2 is 2.11 bits per heavy atom. The smallest absolute Gasteiger partial charge is 0.190 e. The molecular weight excluding hydrogens is 303 g/mol. The number of thiazole rings is 1. The highest BCUT2D eigenvalue weighted by molar-refractivity contribution is 7.07. The Balaban J connectivity index is 2.39. The largest absolute Gasteiger partial charge is 0.383 e. The summed E-state index contributed by atoms with van der Waals surface area (Å²) in [7, 11) is 1.69. The zero-order valence-electron chi connectivity index (χ0n) is 10.7. The molecule has 0 amide bonds. The van der Waals surface area contributed by atoms with E-state index in [1.807, 2.05) is 6.07 Å². The van der Waals surface area contributed by atoms with Crippen LogP contribution in [0.1, 0.15) is 5.69 Å². The second-order valence-electron chi connectivity index (χ2n) is 4.01. The molecule has 2 rings (SSSR count). The molecule has 0 fully saturated rings. The van der Waals surface area contributed by atoms with Gasteiger partial charge in [0.1, 0.15) is 0 Å². The average molecular weight is 317 g/mol. The number of methoxy groups -OCH3 is 1. The van der Waals surface area contributed by atoms with E-state index in [1.54, 1.807) is 30.6 Å². The quantitative estimate of drug-likeness (QED) is 0.836. The monoisotopic (exact) mass is 316 g/mol. The lowest BCUT2D eigenvalue weighted by Crippen LogP contribution is -2.18. The number of rotatable bonds is 4. The number of aryl methyl sites for hydroxylation is 1. The average Bonchev–Trinajstić information content (AvgIpc) is 2.72. The third-order valence-corrected chi connectivity index (χ3v) is 4.36. The lowest BCUT2D eigenvalue weighted by atomic mass is 10.3. The molecule has 0 aliphatic carbocycles. The first-order valence-corrected chi connectivity index (χ1v) is 7.39. The van der Waals surface area contributed by atoms with Gasteiger partial charge in [-0.15, -0.1) is 11.3 Å². The van der Waals surface area contributed by atoms with Gasteiger partial charge in [0.25, 0.3) is 0 Å². The van der Waals surface area contributed by atoms with E-state index < -0.39 is 0 Å². The molecule has 2 aromatic rings. The van der Waals surface area contributed by atoms with Crippen LogP contribution in [0.25, 0.3) is 0 Å². The topological polar surface area (TPSA) is 26.5 Å². The van der Waals surface area contributed by atoms with Crippen molar-refractivity contribution in [3.8, 4) is 0 Å². The molecule has 0 spiro atoms. The van der Waals surface area contributed by atoms with E-state index in [1.165, 1.54) is 5.69 Å². The van der Waals surface area contributed by atoms with Crippen molar-refractivity contribution in [2.24, 2.45) is 4.99 Å². The van der Waals surface area contributed by atoms with Crippen LogP contribution in [0, 0.1) is 6.92 Å². The van der Waals surface area contributed by atoms with Crippen molar-refractivity contribution in [3.63, 3.8) is 0 Å². The second kappa shape index (κ2) is 6.57. The minimum absolute atomic E-state index is 0.514. The van der Waals surface area contributed by atoms with Crippen LogP contribution in [0.15, 0.2) is 28.6 Å². The van der Waals surface area contributed by atoms with Crippen LogP contribution in [0.4, 0.5) is 5.69 Å². The van der Waals surface area contributed by atoms with E-state index in [0.717, 1.165) is 17.0 Å². The van der Waals surface area contributed by atoms with Gasteiger partial charge in [-0.1, -0.05) is 23.2 Å². The van der Waals surface area contributed by atoms with Crippen molar-refractivity contribution in [1.29, 1.82) is 0 Å². The van der Waals surface area contributed by atoms with Crippen molar-refractivity contribution in [2.45, 2.75) is 13.5 Å². The molecule has 0 saturated heterocycles. The van der Waals surface area contributed by atoms with Gasteiger partial charge in [0.15, 0.2) is 4.80 Å². The molecule has 0 radical (unpaired) electrons. The number of hydrogen-bond acceptors (Lipinski definition) is 3. The maximum Gasteiger partial charge on any atom is 0.190 e. The molecule has 19 heavy (non-hydrogen) atoms. The molecule has 0 bridgehead atoms. The van der Waals surface area contributed by atoms with E-state index >= 15 is 0 Å². The Labute approximate surface area is 126 Å². The maximum absolute atomic E-state index is 5.99. The van der Waals surface area contributed by atoms with Crippen molar-refractivity contribution in [2.75, 3.05) is 13.7 Å². The van der Waals surface area contributed by atoms with Crippen LogP contribution in [0.3, 0.4) is 0 Å². The molecule has 1 aromatic heterocycles. The van der Waals surface area contributed by atoms with Crippen LogP contribution in [0.5, 0.6) is 0 Å². The SMILES string of the molecule is COCCn1c(C)csc1=Nc1ccc(Cl)c(Cl)c1. The summed E-state index contributed by atoms with van der Waals surface area (Å²) in [5.41, 5.74) is 1.96. The first-order chi connectivity index (χ1) is 9.11. The zero-order valence-corrected chi connectivity index (χ0v) is 13.0. The van der Waals surface area contributed by atoms with Crippen molar-refractivity contribution in [3.05, 3.63) is 44.1 Å². The van der Waals surface area contributed by atoms with Crippen LogP contribution in [0.2, 0.25) is 10.0 Å². The molecule has 3 nitrogen and oxygen atoms in total. The Morgan fingerprint density at radius 1 is 1.32 bits per heavy atom. The van der Waals surface area contributed by atoms with Crippen molar-refractivity contribution >= 4 is 40.2 Å². The third-order valence-electron chi connectivity index (χ3n) is 2.64. The summed E-state index contributed by atoms with van der Waals surface area (Å²) >= 11 is 13.5. The molecular formula is C13H14Cl2N2OS. The highest BCUT2D eigenvalue weighted by Gasteiger charge is 2.02. The molecule has 0 saturated carbocycles. The number of hydrogen-bond donors (Lipinski definition) is 0. The molecule has 0 aliphatic rings. The molecule has 0 unspecified atom stereocenters. The molecule has 1 aromatic carbocycles. The normalized spacial score (nSPS) is 12.1. The molecule has 0 atom stereocenters. The van der Waals surface area contributed by atoms with E-state index in [9.17, 15) is 0 Å². The first-order valence-electron chi connectivity index (χ1n) is 5.75. The van der Waals surface area contributed by atoms with Gasteiger partial charge in [-0.3, -0.25) is 0 Å². The van der Waals surface area contributed by atoms with E-state index in [-0.39, 0.29) is 0 Å². The standard InChI is InChI=1S/C13H14Cl2N2OS/c1-9-8-19-13(17(9)5-6-18-2)16-10-3-4-11(14)12(15)7-10/h3-4,7-8H,5-6H2,1-2H3. The minimum atomic E-state index is 0.514. The van der Waals surface area contributed by atoms with Gasteiger partial charge in [-0.25, -0.2) is 4.99 Å². The number of halogens is 2. The van der Waals surface area contributed by atoms with Crippen molar-refractivity contribution < 1.29 is 4.74 Å². The summed E-state index contributed by atoms with van der Waals surface area (Å²) in [6.07, 6.45) is 0. The highest BCUT2D eigenvalue weighted by Crippen LogP contribution is 2.26. The predicted molar refractivity (Wildman–Crippen MR) is 80.6 cm³/mol. The number of nitrogens with zero attached hydrogens (tertiary/aromatic N) is 2. The van der Waals surface area contributed by atoms with Gasteiger partial charge in [-0.2, -0.15) is 0 Å². The van der Waals surface area contributed by atoms with E-state index in [4.69, 9.17) is 27.9 Å². The van der Waals surface area contributed by atoms with E-state index in [0.29, 0.717) is 16.7 Å². The zero-order chi connectivity index (χ0) is 13.8. The summed E-state index contributed by atoms with van der Waals surface area (Å²) < 4.78 is 7.24. The second-order valence-corrected chi connectivity index (χ2v) is 5.67. The third kappa shape index (κ3) is 3.60. The number of benzene rings is 1. The van der Waals surface area contributed by atoms with Crippen LogP contribution in [-0.2, 0) is 11.3 Å². The fraction of sp³-hybridized carbons (Fsp3) is 0.308. The van der Waals surface area contributed by atoms with Gasteiger partial charge in [0, 0.05) is 24.7 Å². The fourth-order valence-electron chi connectivity index (χ4n) is 1.62. The van der Waals surface area contributed by atoms with Crippen molar-refractivity contribution in [1.82, 2.24) is 4.57 Å². The summed E-state index contributed by atoms with van der Waals surface area (Å²) in [4.78, 5) is 5.52. The first kappa shape index (κ1) is 14.6. The van der Waals surface area contributed by atoms with Gasteiger partial charge in [0.2, 0.25) is 0 Å². The molecule has 102 valence electrons. The lowest BCUT2D eigenvalue weighted by Gasteiger charge is -2.04. The van der Waals surface area contributed by atoms with Gasteiger partial charge in [-0.05, 0) is 25.1 Å². The Hall–Kier alpha value is -0.810. The minimum Gasteiger partial charge on any atom is -0.383 e. The summed E-state index contributed by atoms with van der Waals surface area (Å²) in [6.45, 7) is 3.50. The Bertz CT molecular complexity index is 634. The highest BCUT2D eigenvalue weighted by atomic mass is 35.5.